The van der Waals surface area contributed by atoms with E-state index in [4.69, 9.17) is 0 Å². The van der Waals surface area contributed by atoms with Crippen LogP contribution in [-0.4, -0.2) is 6.04 Å². The van der Waals surface area contributed by atoms with Crippen LogP contribution < -0.4 is 5.32 Å². The van der Waals surface area contributed by atoms with Crippen LogP contribution in [0.4, 0.5) is 5.69 Å². The van der Waals surface area contributed by atoms with Gasteiger partial charge in [0.25, 0.3) is 0 Å². The molecule has 17 heavy (non-hydrogen) atoms. The van der Waals surface area contributed by atoms with Crippen molar-refractivity contribution in [3.63, 3.8) is 0 Å². The highest BCUT2D eigenvalue weighted by Crippen LogP contribution is 2.52. The Kier molecular flexibility index (Phi) is 3.33. The minimum absolute atomic E-state index is 0.650. The molecule has 0 aliphatic heterocycles. The van der Waals surface area contributed by atoms with Crippen LogP contribution in [0.5, 0.6) is 0 Å². The summed E-state index contributed by atoms with van der Waals surface area (Å²) >= 11 is 2.43. The third kappa shape index (κ3) is 2.20. The fourth-order valence-electron chi connectivity index (χ4n) is 3.54. The minimum Gasteiger partial charge on any atom is -0.381 e. The van der Waals surface area contributed by atoms with Gasteiger partial charge in [-0.25, -0.2) is 0 Å². The minimum atomic E-state index is 0.650. The Balaban J connectivity index is 1.72. The Labute approximate surface area is 118 Å². The van der Waals surface area contributed by atoms with Gasteiger partial charge in [-0.2, -0.15) is 0 Å². The molecule has 1 aromatic carbocycles. The Bertz CT molecular complexity index is 396. The molecule has 1 unspecified atom stereocenters. The second-order valence-corrected chi connectivity index (χ2v) is 6.80. The van der Waals surface area contributed by atoms with Gasteiger partial charge in [0.2, 0.25) is 0 Å². The molecular formula is C15H20IN. The number of hydrogen-bond donors (Lipinski definition) is 1. The molecule has 1 spiro atoms. The van der Waals surface area contributed by atoms with Crippen LogP contribution in [0.1, 0.15) is 44.9 Å². The predicted molar refractivity (Wildman–Crippen MR) is 81.3 cm³/mol. The van der Waals surface area contributed by atoms with Gasteiger partial charge in [0.1, 0.15) is 0 Å². The average molecular weight is 341 g/mol. The number of para-hydroxylation sites is 1. The molecular weight excluding hydrogens is 321 g/mol. The van der Waals surface area contributed by atoms with Crippen LogP contribution in [0.2, 0.25) is 0 Å². The van der Waals surface area contributed by atoms with E-state index in [1.54, 1.807) is 0 Å². The first-order chi connectivity index (χ1) is 8.30. The van der Waals surface area contributed by atoms with Crippen LogP contribution in [0, 0.1) is 8.99 Å². The first kappa shape index (κ1) is 11.8. The number of benzene rings is 1. The molecule has 92 valence electrons. The quantitative estimate of drug-likeness (QED) is 0.761. The van der Waals surface area contributed by atoms with E-state index >= 15 is 0 Å². The second kappa shape index (κ2) is 4.79. The van der Waals surface area contributed by atoms with E-state index in [9.17, 15) is 0 Å². The number of halogens is 1. The van der Waals surface area contributed by atoms with Crippen molar-refractivity contribution in [3.8, 4) is 0 Å². The summed E-state index contributed by atoms with van der Waals surface area (Å²) < 4.78 is 1.35. The highest BCUT2D eigenvalue weighted by atomic mass is 127. The van der Waals surface area contributed by atoms with Crippen molar-refractivity contribution >= 4 is 28.3 Å². The SMILES string of the molecule is Ic1ccccc1NC1CCC12CCCCC2. The van der Waals surface area contributed by atoms with Crippen molar-refractivity contribution < 1.29 is 0 Å². The molecule has 3 rings (SSSR count). The molecule has 1 aromatic rings. The van der Waals surface area contributed by atoms with Gasteiger partial charge in [-0.3, -0.25) is 0 Å². The summed E-state index contributed by atoms with van der Waals surface area (Å²) in [7, 11) is 0. The molecule has 1 N–H and O–H groups in total. The molecule has 0 heterocycles. The predicted octanol–water partition coefficient (Wildman–Crippen LogP) is 4.82. The van der Waals surface area contributed by atoms with Crippen molar-refractivity contribution in [3.05, 3.63) is 27.8 Å². The Hall–Kier alpha value is -0.250. The first-order valence-corrected chi connectivity index (χ1v) is 7.89. The average Bonchev–Trinajstić information content (AvgIpc) is 2.37. The maximum Gasteiger partial charge on any atom is 0.0478 e. The number of nitrogens with one attached hydrogen (secondary N) is 1. The third-order valence-corrected chi connectivity index (χ3v) is 5.66. The number of hydrogen-bond acceptors (Lipinski definition) is 1. The molecule has 2 saturated carbocycles. The van der Waals surface area contributed by atoms with Crippen LogP contribution in [0.15, 0.2) is 24.3 Å². The van der Waals surface area contributed by atoms with E-state index in [-0.39, 0.29) is 0 Å². The Morgan fingerprint density at radius 1 is 1.06 bits per heavy atom. The zero-order valence-corrected chi connectivity index (χ0v) is 12.4. The van der Waals surface area contributed by atoms with E-state index < -0.39 is 0 Å². The maximum absolute atomic E-state index is 3.80. The van der Waals surface area contributed by atoms with E-state index in [0.29, 0.717) is 5.41 Å². The highest BCUT2D eigenvalue weighted by Gasteiger charge is 2.46. The molecule has 0 bridgehead atoms. The van der Waals surface area contributed by atoms with Crippen LogP contribution in [0.25, 0.3) is 0 Å². The summed E-state index contributed by atoms with van der Waals surface area (Å²) in [5.74, 6) is 0. The van der Waals surface area contributed by atoms with Gasteiger partial charge in [-0.15, -0.1) is 0 Å². The number of anilines is 1. The summed E-state index contributed by atoms with van der Waals surface area (Å²) in [4.78, 5) is 0. The largest absolute Gasteiger partial charge is 0.381 e. The second-order valence-electron chi connectivity index (χ2n) is 5.64. The smallest absolute Gasteiger partial charge is 0.0478 e. The maximum atomic E-state index is 3.80. The van der Waals surface area contributed by atoms with Gasteiger partial charge in [0.15, 0.2) is 0 Å². The molecule has 0 saturated heterocycles. The zero-order valence-electron chi connectivity index (χ0n) is 10.2. The first-order valence-electron chi connectivity index (χ1n) is 6.81. The summed E-state index contributed by atoms with van der Waals surface area (Å²) in [6.07, 6.45) is 10.1. The fourth-order valence-corrected chi connectivity index (χ4v) is 4.09. The zero-order chi connectivity index (χ0) is 11.7. The molecule has 1 nitrogen and oxygen atoms in total. The van der Waals surface area contributed by atoms with Gasteiger partial charge in [-0.05, 0) is 65.8 Å². The molecule has 0 amide bonds. The van der Waals surface area contributed by atoms with Gasteiger partial charge in [0.05, 0.1) is 0 Å². The fraction of sp³-hybridized carbons (Fsp3) is 0.600. The van der Waals surface area contributed by atoms with Crippen molar-refractivity contribution in [2.75, 3.05) is 5.32 Å². The van der Waals surface area contributed by atoms with Gasteiger partial charge >= 0.3 is 0 Å². The molecule has 2 fully saturated rings. The Morgan fingerprint density at radius 2 is 1.82 bits per heavy atom. The van der Waals surface area contributed by atoms with Crippen LogP contribution in [-0.2, 0) is 0 Å². The lowest BCUT2D eigenvalue weighted by Crippen LogP contribution is -2.50. The summed E-state index contributed by atoms with van der Waals surface area (Å²) in [5, 5.41) is 3.80. The monoisotopic (exact) mass is 341 g/mol. The van der Waals surface area contributed by atoms with Crippen LogP contribution in [0.3, 0.4) is 0 Å². The van der Waals surface area contributed by atoms with Gasteiger partial charge in [-0.1, -0.05) is 31.4 Å². The molecule has 2 aliphatic carbocycles. The third-order valence-electron chi connectivity index (χ3n) is 4.72. The molecule has 2 aliphatic rings. The normalized spacial score (nSPS) is 26.5. The van der Waals surface area contributed by atoms with Gasteiger partial charge in [0, 0.05) is 15.3 Å². The lowest BCUT2D eigenvalue weighted by atomic mass is 9.57. The summed E-state index contributed by atoms with van der Waals surface area (Å²) in [6.45, 7) is 0. The van der Waals surface area contributed by atoms with E-state index in [1.165, 1.54) is 54.2 Å². The van der Waals surface area contributed by atoms with Gasteiger partial charge < -0.3 is 5.32 Å². The highest BCUT2D eigenvalue weighted by molar-refractivity contribution is 14.1. The van der Waals surface area contributed by atoms with Crippen molar-refractivity contribution in [1.29, 1.82) is 0 Å². The standard InChI is InChI=1S/C15H20IN/c16-12-6-2-3-7-13(12)17-14-8-11-15(14)9-4-1-5-10-15/h2-3,6-7,14,17H,1,4-5,8-11H2. The number of rotatable bonds is 2. The van der Waals surface area contributed by atoms with Crippen molar-refractivity contribution in [1.82, 2.24) is 0 Å². The van der Waals surface area contributed by atoms with E-state index in [0.717, 1.165) is 6.04 Å². The molecule has 0 aromatic heterocycles. The molecule has 1 atom stereocenters. The topological polar surface area (TPSA) is 12.0 Å². The lowest BCUT2D eigenvalue weighted by Gasteiger charge is -2.52. The molecule has 0 radical (unpaired) electrons. The summed E-state index contributed by atoms with van der Waals surface area (Å²) in [5.41, 5.74) is 1.99. The molecule has 2 heteroatoms. The van der Waals surface area contributed by atoms with Crippen LogP contribution >= 0.6 is 22.6 Å². The van der Waals surface area contributed by atoms with E-state index in [1.807, 2.05) is 0 Å². The summed E-state index contributed by atoms with van der Waals surface area (Å²) in [6, 6.07) is 9.39. The van der Waals surface area contributed by atoms with Crippen molar-refractivity contribution in [2.24, 2.45) is 5.41 Å². The lowest BCUT2D eigenvalue weighted by molar-refractivity contribution is 0.0571. The van der Waals surface area contributed by atoms with Crippen molar-refractivity contribution in [2.45, 2.75) is 51.0 Å². The van der Waals surface area contributed by atoms with E-state index in [2.05, 4.69) is 52.2 Å². The Morgan fingerprint density at radius 3 is 2.47 bits per heavy atom.